The van der Waals surface area contributed by atoms with Crippen LogP contribution in [-0.4, -0.2) is 39.0 Å². The molecule has 0 aliphatic rings. The monoisotopic (exact) mass is 333 g/mol. The first-order valence-electron chi connectivity index (χ1n) is 7.01. The zero-order chi connectivity index (χ0) is 16.2. The van der Waals surface area contributed by atoms with Gasteiger partial charge in [-0.2, -0.15) is 0 Å². The Morgan fingerprint density at radius 1 is 1.33 bits per heavy atom. The summed E-state index contributed by atoms with van der Waals surface area (Å²) in [7, 11) is -3.61. The zero-order valence-electron chi connectivity index (χ0n) is 13.0. The summed E-state index contributed by atoms with van der Waals surface area (Å²) in [5.74, 6) is 0. The highest BCUT2D eigenvalue weighted by Gasteiger charge is 2.21. The molecule has 120 valence electrons. The lowest BCUT2D eigenvalue weighted by Crippen LogP contribution is -2.42. The molecule has 1 aromatic rings. The normalized spacial score (nSPS) is 13.6. The van der Waals surface area contributed by atoms with Crippen molar-refractivity contribution in [3.8, 4) is 0 Å². The maximum absolute atomic E-state index is 12.5. The number of halogens is 1. The van der Waals surface area contributed by atoms with E-state index < -0.39 is 10.0 Å². The molecule has 0 saturated carbocycles. The smallest absolute Gasteiger partial charge is 0.241 e. The van der Waals surface area contributed by atoms with Crippen molar-refractivity contribution < 1.29 is 8.42 Å². The highest BCUT2D eigenvalue weighted by Crippen LogP contribution is 2.26. The number of nitrogens with zero attached hydrogens (tertiary/aromatic N) is 1. The fourth-order valence-corrected chi connectivity index (χ4v) is 3.91. The Kier molecular flexibility index (Phi) is 6.46. The number of nitrogen functional groups attached to an aromatic ring is 1. The van der Waals surface area contributed by atoms with Gasteiger partial charge in [0.15, 0.2) is 0 Å². The van der Waals surface area contributed by atoms with Crippen LogP contribution in [0.5, 0.6) is 0 Å². The van der Waals surface area contributed by atoms with Crippen LogP contribution in [0, 0.1) is 6.92 Å². The highest BCUT2D eigenvalue weighted by molar-refractivity contribution is 7.89. The summed E-state index contributed by atoms with van der Waals surface area (Å²) in [5.41, 5.74) is 6.55. The summed E-state index contributed by atoms with van der Waals surface area (Å²) in [4.78, 5) is 2.34. The van der Waals surface area contributed by atoms with Crippen molar-refractivity contribution in [1.29, 1.82) is 0 Å². The lowest BCUT2D eigenvalue weighted by atomic mass is 10.2. The Hall–Kier alpha value is -0.820. The van der Waals surface area contributed by atoms with Crippen molar-refractivity contribution >= 4 is 27.3 Å². The maximum atomic E-state index is 12.5. The topological polar surface area (TPSA) is 75.4 Å². The Labute approximate surface area is 132 Å². The number of rotatable bonds is 7. The Morgan fingerprint density at radius 2 is 1.90 bits per heavy atom. The largest absolute Gasteiger partial charge is 0.397 e. The van der Waals surface area contributed by atoms with Crippen LogP contribution in [0.25, 0.3) is 0 Å². The standard InChI is InChI=1S/C14H24ClN3O2S/c1-5-18(6-2)9-11(4)17-21(19,20)14-8-13(16)12(15)7-10(14)3/h7-8,11,17H,5-6,9,16H2,1-4H3. The molecule has 0 aliphatic heterocycles. The number of likely N-dealkylation sites (N-methyl/N-ethyl adjacent to an activating group) is 1. The number of sulfonamides is 1. The Bertz CT molecular complexity index is 586. The number of aryl methyl sites for hydroxylation is 1. The van der Waals surface area contributed by atoms with Gasteiger partial charge in [-0.15, -0.1) is 0 Å². The second-order valence-electron chi connectivity index (χ2n) is 5.15. The number of benzene rings is 1. The van der Waals surface area contributed by atoms with E-state index in [0.717, 1.165) is 13.1 Å². The van der Waals surface area contributed by atoms with Gasteiger partial charge >= 0.3 is 0 Å². The van der Waals surface area contributed by atoms with Crippen LogP contribution in [0.1, 0.15) is 26.3 Å². The average molecular weight is 334 g/mol. The molecule has 0 fully saturated rings. The molecule has 0 heterocycles. The van der Waals surface area contributed by atoms with E-state index in [-0.39, 0.29) is 16.6 Å². The molecular formula is C14H24ClN3O2S. The van der Waals surface area contributed by atoms with Gasteiger partial charge in [-0.1, -0.05) is 25.4 Å². The second kappa shape index (κ2) is 7.45. The van der Waals surface area contributed by atoms with E-state index in [0.29, 0.717) is 17.1 Å². The van der Waals surface area contributed by atoms with E-state index >= 15 is 0 Å². The first-order chi connectivity index (χ1) is 9.71. The summed E-state index contributed by atoms with van der Waals surface area (Å²) in [6, 6.07) is 2.79. The summed E-state index contributed by atoms with van der Waals surface area (Å²) < 4.78 is 27.6. The van der Waals surface area contributed by atoms with E-state index in [9.17, 15) is 8.42 Å². The van der Waals surface area contributed by atoms with Crippen molar-refractivity contribution in [2.24, 2.45) is 0 Å². The van der Waals surface area contributed by atoms with Crippen LogP contribution in [0.15, 0.2) is 17.0 Å². The molecule has 5 nitrogen and oxygen atoms in total. The van der Waals surface area contributed by atoms with Crippen LogP contribution >= 0.6 is 11.6 Å². The lowest BCUT2D eigenvalue weighted by Gasteiger charge is -2.23. The third-order valence-electron chi connectivity index (χ3n) is 3.37. The Morgan fingerprint density at radius 3 is 2.43 bits per heavy atom. The summed E-state index contributed by atoms with van der Waals surface area (Å²) in [6.45, 7) is 10.1. The van der Waals surface area contributed by atoms with E-state index in [4.69, 9.17) is 17.3 Å². The minimum atomic E-state index is -3.61. The molecule has 1 unspecified atom stereocenters. The van der Waals surface area contributed by atoms with Gasteiger partial charge in [-0.3, -0.25) is 0 Å². The minimum absolute atomic E-state index is 0.177. The molecule has 1 aromatic carbocycles. The van der Waals surface area contributed by atoms with Crippen LogP contribution < -0.4 is 10.5 Å². The molecule has 21 heavy (non-hydrogen) atoms. The van der Waals surface area contributed by atoms with Gasteiger partial charge in [0.2, 0.25) is 10.0 Å². The fourth-order valence-electron chi connectivity index (χ4n) is 2.19. The molecule has 0 amide bonds. The third kappa shape index (κ3) is 4.85. The van der Waals surface area contributed by atoms with Crippen LogP contribution in [0.4, 0.5) is 5.69 Å². The van der Waals surface area contributed by atoms with Crippen LogP contribution in [0.2, 0.25) is 5.02 Å². The van der Waals surface area contributed by atoms with E-state index in [1.807, 2.05) is 6.92 Å². The molecule has 1 rings (SSSR count). The summed E-state index contributed by atoms with van der Waals surface area (Å²) >= 11 is 5.90. The molecule has 3 N–H and O–H groups in total. The van der Waals surface area contributed by atoms with E-state index in [2.05, 4.69) is 23.5 Å². The number of hydrogen-bond donors (Lipinski definition) is 2. The van der Waals surface area contributed by atoms with Crippen molar-refractivity contribution in [1.82, 2.24) is 9.62 Å². The van der Waals surface area contributed by atoms with Gasteiger partial charge in [-0.25, -0.2) is 13.1 Å². The summed E-state index contributed by atoms with van der Waals surface area (Å²) in [5, 5.41) is 0.364. The average Bonchev–Trinajstić information content (AvgIpc) is 2.39. The molecule has 7 heteroatoms. The first-order valence-corrected chi connectivity index (χ1v) is 8.87. The zero-order valence-corrected chi connectivity index (χ0v) is 14.6. The van der Waals surface area contributed by atoms with Crippen molar-refractivity contribution in [2.45, 2.75) is 38.6 Å². The number of anilines is 1. The SMILES string of the molecule is CCN(CC)CC(C)NS(=O)(=O)c1cc(N)c(Cl)cc1C. The van der Waals surface area contributed by atoms with Crippen molar-refractivity contribution in [3.05, 3.63) is 22.7 Å². The molecule has 0 saturated heterocycles. The van der Waals surface area contributed by atoms with Crippen molar-refractivity contribution in [2.75, 3.05) is 25.4 Å². The molecule has 0 radical (unpaired) electrons. The minimum Gasteiger partial charge on any atom is -0.397 e. The Balaban J connectivity index is 2.94. The molecule has 0 aromatic heterocycles. The highest BCUT2D eigenvalue weighted by atomic mass is 35.5. The predicted octanol–water partition coefficient (Wildman–Crippen LogP) is 2.24. The van der Waals surface area contributed by atoms with Crippen LogP contribution in [-0.2, 0) is 10.0 Å². The molecular weight excluding hydrogens is 310 g/mol. The first kappa shape index (κ1) is 18.2. The molecule has 0 aliphatic carbocycles. The molecule has 0 spiro atoms. The van der Waals surface area contributed by atoms with E-state index in [1.165, 1.54) is 6.07 Å². The van der Waals surface area contributed by atoms with Gasteiger partial charge in [0.05, 0.1) is 15.6 Å². The second-order valence-corrected chi connectivity index (χ2v) is 7.24. The van der Waals surface area contributed by atoms with Gasteiger partial charge < -0.3 is 10.6 Å². The fraction of sp³-hybridized carbons (Fsp3) is 0.571. The van der Waals surface area contributed by atoms with Gasteiger partial charge in [0.25, 0.3) is 0 Å². The number of nitrogens with two attached hydrogens (primary N) is 1. The third-order valence-corrected chi connectivity index (χ3v) is 5.43. The quantitative estimate of drug-likeness (QED) is 0.750. The summed E-state index contributed by atoms with van der Waals surface area (Å²) in [6.07, 6.45) is 0. The number of nitrogens with one attached hydrogen (secondary N) is 1. The maximum Gasteiger partial charge on any atom is 0.241 e. The predicted molar refractivity (Wildman–Crippen MR) is 88.2 cm³/mol. The van der Waals surface area contributed by atoms with Gasteiger partial charge in [0, 0.05) is 12.6 Å². The van der Waals surface area contributed by atoms with E-state index in [1.54, 1.807) is 13.0 Å². The van der Waals surface area contributed by atoms with Gasteiger partial charge in [0.1, 0.15) is 0 Å². The molecule has 1 atom stereocenters. The lowest BCUT2D eigenvalue weighted by molar-refractivity contribution is 0.282. The molecule has 0 bridgehead atoms. The van der Waals surface area contributed by atoms with Crippen molar-refractivity contribution in [3.63, 3.8) is 0 Å². The van der Waals surface area contributed by atoms with Crippen LogP contribution in [0.3, 0.4) is 0 Å². The van der Waals surface area contributed by atoms with Gasteiger partial charge in [-0.05, 0) is 44.6 Å². The number of hydrogen-bond acceptors (Lipinski definition) is 4.